The minimum atomic E-state index is 0.595. The number of rotatable bonds is 5. The van der Waals surface area contributed by atoms with Crippen molar-refractivity contribution >= 4 is 0 Å². The fourth-order valence-corrected chi connectivity index (χ4v) is 2.54. The predicted molar refractivity (Wildman–Crippen MR) is 75.5 cm³/mol. The van der Waals surface area contributed by atoms with E-state index in [2.05, 4.69) is 54.2 Å². The van der Waals surface area contributed by atoms with Gasteiger partial charge in [-0.1, -0.05) is 19.9 Å². The third-order valence-corrected chi connectivity index (χ3v) is 3.52. The molecule has 0 saturated carbocycles. The summed E-state index contributed by atoms with van der Waals surface area (Å²) in [6, 6.07) is 6.89. The molecule has 1 aliphatic heterocycles. The van der Waals surface area contributed by atoms with Crippen molar-refractivity contribution in [1.82, 2.24) is 15.2 Å². The lowest BCUT2D eigenvalue weighted by atomic mass is 10.1. The molecule has 1 aliphatic rings. The Morgan fingerprint density at radius 1 is 1.44 bits per heavy atom. The summed E-state index contributed by atoms with van der Waals surface area (Å²) in [6.45, 7) is 11.0. The number of nitrogens with one attached hydrogen (secondary N) is 1. The van der Waals surface area contributed by atoms with Crippen LogP contribution in [-0.2, 0) is 6.54 Å². The Kier molecular flexibility index (Phi) is 4.72. The van der Waals surface area contributed by atoms with E-state index in [4.69, 9.17) is 0 Å². The molecule has 100 valence electrons. The smallest absolute Gasteiger partial charge is 0.0547 e. The summed E-state index contributed by atoms with van der Waals surface area (Å²) in [5.41, 5.74) is 2.32. The molecule has 3 nitrogen and oxygen atoms in total. The lowest BCUT2D eigenvalue weighted by molar-refractivity contribution is 0.309. The predicted octanol–water partition coefficient (Wildman–Crippen LogP) is 2.21. The quantitative estimate of drug-likeness (QED) is 0.864. The van der Waals surface area contributed by atoms with Gasteiger partial charge in [0.1, 0.15) is 0 Å². The molecule has 0 aromatic carbocycles. The molecule has 2 rings (SSSR count). The van der Waals surface area contributed by atoms with Gasteiger partial charge in [-0.25, -0.2) is 0 Å². The van der Waals surface area contributed by atoms with E-state index in [9.17, 15) is 0 Å². The second-order valence-electron chi connectivity index (χ2n) is 5.72. The minimum Gasteiger partial charge on any atom is -0.314 e. The lowest BCUT2D eigenvalue weighted by Crippen LogP contribution is -2.30. The van der Waals surface area contributed by atoms with Gasteiger partial charge in [-0.15, -0.1) is 0 Å². The molecule has 1 saturated heterocycles. The van der Waals surface area contributed by atoms with Gasteiger partial charge in [0.15, 0.2) is 0 Å². The SMILES string of the molecule is Cc1cccc(CN2CCC(CNC(C)C)C2)n1. The van der Waals surface area contributed by atoms with Crippen LogP contribution in [0.15, 0.2) is 18.2 Å². The fourth-order valence-electron chi connectivity index (χ4n) is 2.54. The van der Waals surface area contributed by atoms with Gasteiger partial charge < -0.3 is 5.32 Å². The van der Waals surface area contributed by atoms with Crippen molar-refractivity contribution in [3.8, 4) is 0 Å². The standard InChI is InChI=1S/C15H25N3/c1-12(2)16-9-14-7-8-18(10-14)11-15-6-4-5-13(3)17-15/h4-6,12,14,16H,7-11H2,1-3H3. The molecule has 18 heavy (non-hydrogen) atoms. The van der Waals surface area contributed by atoms with Crippen molar-refractivity contribution in [2.45, 2.75) is 39.8 Å². The van der Waals surface area contributed by atoms with Gasteiger partial charge in [0, 0.05) is 24.8 Å². The van der Waals surface area contributed by atoms with Crippen molar-refractivity contribution in [2.24, 2.45) is 5.92 Å². The van der Waals surface area contributed by atoms with E-state index in [1.54, 1.807) is 0 Å². The van der Waals surface area contributed by atoms with Crippen LogP contribution >= 0.6 is 0 Å². The highest BCUT2D eigenvalue weighted by Crippen LogP contribution is 2.17. The highest BCUT2D eigenvalue weighted by molar-refractivity contribution is 5.10. The highest BCUT2D eigenvalue weighted by atomic mass is 15.2. The largest absolute Gasteiger partial charge is 0.314 e. The van der Waals surface area contributed by atoms with E-state index >= 15 is 0 Å². The molecule has 0 aliphatic carbocycles. The molecule has 0 spiro atoms. The van der Waals surface area contributed by atoms with E-state index in [-0.39, 0.29) is 0 Å². The normalized spacial score (nSPS) is 20.8. The highest BCUT2D eigenvalue weighted by Gasteiger charge is 2.22. The molecule has 2 heterocycles. The number of hydrogen-bond donors (Lipinski definition) is 1. The van der Waals surface area contributed by atoms with Crippen LogP contribution in [0.5, 0.6) is 0 Å². The third-order valence-electron chi connectivity index (χ3n) is 3.52. The lowest BCUT2D eigenvalue weighted by Gasteiger charge is -2.17. The molecule has 3 heteroatoms. The third kappa shape index (κ3) is 4.07. The van der Waals surface area contributed by atoms with Crippen LogP contribution in [0.3, 0.4) is 0 Å². The van der Waals surface area contributed by atoms with Gasteiger partial charge in [-0.05, 0) is 44.5 Å². The van der Waals surface area contributed by atoms with Crippen LogP contribution in [0.4, 0.5) is 0 Å². The first-order valence-electron chi connectivity index (χ1n) is 7.02. The number of pyridine rings is 1. The average molecular weight is 247 g/mol. The number of nitrogens with zero attached hydrogens (tertiary/aromatic N) is 2. The molecule has 1 aromatic heterocycles. The summed E-state index contributed by atoms with van der Waals surface area (Å²) in [5, 5.41) is 3.54. The molecule has 1 unspecified atom stereocenters. The van der Waals surface area contributed by atoms with Crippen molar-refractivity contribution in [3.63, 3.8) is 0 Å². The zero-order valence-electron chi connectivity index (χ0n) is 11.8. The van der Waals surface area contributed by atoms with Crippen molar-refractivity contribution in [1.29, 1.82) is 0 Å². The Labute approximate surface area is 111 Å². The second-order valence-corrected chi connectivity index (χ2v) is 5.72. The van der Waals surface area contributed by atoms with Crippen LogP contribution in [-0.4, -0.2) is 35.6 Å². The first-order chi connectivity index (χ1) is 8.63. The summed E-state index contributed by atoms with van der Waals surface area (Å²) < 4.78 is 0. The van der Waals surface area contributed by atoms with Crippen molar-refractivity contribution in [2.75, 3.05) is 19.6 Å². The number of hydrogen-bond acceptors (Lipinski definition) is 3. The summed E-state index contributed by atoms with van der Waals surface area (Å²) in [6.07, 6.45) is 1.31. The Balaban J connectivity index is 1.79. The van der Waals surface area contributed by atoms with Gasteiger partial charge in [-0.2, -0.15) is 0 Å². The van der Waals surface area contributed by atoms with E-state index in [0.29, 0.717) is 6.04 Å². The van der Waals surface area contributed by atoms with Gasteiger partial charge in [0.05, 0.1) is 5.69 Å². The van der Waals surface area contributed by atoms with Crippen molar-refractivity contribution < 1.29 is 0 Å². The molecule has 1 N–H and O–H groups in total. The van der Waals surface area contributed by atoms with Crippen LogP contribution in [0.25, 0.3) is 0 Å². The van der Waals surface area contributed by atoms with Gasteiger partial charge >= 0.3 is 0 Å². The number of aromatic nitrogens is 1. The maximum atomic E-state index is 4.58. The van der Waals surface area contributed by atoms with Crippen LogP contribution in [0.1, 0.15) is 31.7 Å². The molecule has 0 radical (unpaired) electrons. The molecular formula is C15H25N3. The summed E-state index contributed by atoms with van der Waals surface area (Å²) in [4.78, 5) is 7.10. The molecule has 1 atom stereocenters. The Hall–Kier alpha value is -0.930. The fraction of sp³-hybridized carbons (Fsp3) is 0.667. The molecular weight excluding hydrogens is 222 g/mol. The van der Waals surface area contributed by atoms with Crippen LogP contribution in [0.2, 0.25) is 0 Å². The molecule has 1 fully saturated rings. The zero-order valence-corrected chi connectivity index (χ0v) is 11.8. The van der Waals surface area contributed by atoms with E-state index in [0.717, 1.165) is 24.7 Å². The van der Waals surface area contributed by atoms with Crippen LogP contribution < -0.4 is 5.32 Å². The zero-order chi connectivity index (χ0) is 13.0. The summed E-state index contributed by atoms with van der Waals surface area (Å²) >= 11 is 0. The summed E-state index contributed by atoms with van der Waals surface area (Å²) in [5.74, 6) is 0.803. The maximum Gasteiger partial charge on any atom is 0.0547 e. The van der Waals surface area contributed by atoms with E-state index in [1.165, 1.54) is 25.2 Å². The molecule has 1 aromatic rings. The Bertz CT molecular complexity index is 376. The van der Waals surface area contributed by atoms with Crippen LogP contribution in [0, 0.1) is 12.8 Å². The van der Waals surface area contributed by atoms with Gasteiger partial charge in [0.25, 0.3) is 0 Å². The van der Waals surface area contributed by atoms with Crippen molar-refractivity contribution in [3.05, 3.63) is 29.6 Å². The van der Waals surface area contributed by atoms with Gasteiger partial charge in [0.2, 0.25) is 0 Å². The summed E-state index contributed by atoms with van der Waals surface area (Å²) in [7, 11) is 0. The first-order valence-corrected chi connectivity index (χ1v) is 7.02. The van der Waals surface area contributed by atoms with E-state index < -0.39 is 0 Å². The topological polar surface area (TPSA) is 28.2 Å². The first kappa shape index (κ1) is 13.5. The average Bonchev–Trinajstić information content (AvgIpc) is 2.74. The van der Waals surface area contributed by atoms with Gasteiger partial charge in [-0.3, -0.25) is 9.88 Å². The number of aryl methyl sites for hydroxylation is 1. The monoisotopic (exact) mass is 247 g/mol. The number of likely N-dealkylation sites (tertiary alicyclic amines) is 1. The second kappa shape index (κ2) is 6.30. The Morgan fingerprint density at radius 3 is 3.00 bits per heavy atom. The molecule has 0 bridgehead atoms. The molecule has 0 amide bonds. The van der Waals surface area contributed by atoms with E-state index in [1.807, 2.05) is 0 Å². The minimum absolute atomic E-state index is 0.595. The maximum absolute atomic E-state index is 4.58. The Morgan fingerprint density at radius 2 is 2.28 bits per heavy atom.